The average Bonchev–Trinajstić information content (AvgIpc) is 2.29. The maximum Gasteiger partial charge on any atom is 0.0687 e. The van der Waals surface area contributed by atoms with Crippen LogP contribution in [0, 0.1) is 5.92 Å². The predicted octanol–water partition coefficient (Wildman–Crippen LogP) is 2.92. The predicted molar refractivity (Wildman–Crippen MR) is 73.1 cm³/mol. The quantitative estimate of drug-likeness (QED) is 0.794. The van der Waals surface area contributed by atoms with E-state index in [9.17, 15) is 5.11 Å². The fourth-order valence-electron chi connectivity index (χ4n) is 1.62. The van der Waals surface area contributed by atoms with E-state index < -0.39 is 0 Å². The molecule has 0 bridgehead atoms. The SMILES string of the molecule is CC(C)c1ccc(CNCC(O)C(C)C)cc1. The number of rotatable bonds is 6. The van der Waals surface area contributed by atoms with Gasteiger partial charge in [-0.3, -0.25) is 0 Å². The fraction of sp³-hybridized carbons (Fsp3) is 0.600. The summed E-state index contributed by atoms with van der Waals surface area (Å²) >= 11 is 0. The summed E-state index contributed by atoms with van der Waals surface area (Å²) in [7, 11) is 0. The van der Waals surface area contributed by atoms with Gasteiger partial charge in [-0.1, -0.05) is 52.0 Å². The highest BCUT2D eigenvalue weighted by molar-refractivity contribution is 5.24. The van der Waals surface area contributed by atoms with Crippen LogP contribution in [0.1, 0.15) is 44.7 Å². The van der Waals surface area contributed by atoms with Gasteiger partial charge in [-0.25, -0.2) is 0 Å². The van der Waals surface area contributed by atoms with E-state index in [2.05, 4.69) is 43.4 Å². The van der Waals surface area contributed by atoms with E-state index in [0.29, 0.717) is 18.4 Å². The fourth-order valence-corrected chi connectivity index (χ4v) is 1.62. The molecule has 0 spiro atoms. The van der Waals surface area contributed by atoms with Crippen molar-refractivity contribution in [1.29, 1.82) is 0 Å². The van der Waals surface area contributed by atoms with Crippen LogP contribution in [0.2, 0.25) is 0 Å². The molecule has 0 amide bonds. The maximum absolute atomic E-state index is 9.66. The van der Waals surface area contributed by atoms with Gasteiger partial charge in [0.05, 0.1) is 6.10 Å². The minimum absolute atomic E-state index is 0.259. The topological polar surface area (TPSA) is 32.3 Å². The maximum atomic E-state index is 9.66. The van der Waals surface area contributed by atoms with Crippen LogP contribution in [0.3, 0.4) is 0 Å². The lowest BCUT2D eigenvalue weighted by Crippen LogP contribution is -2.30. The molecule has 1 rings (SSSR count). The Labute approximate surface area is 105 Å². The number of hydrogen-bond acceptors (Lipinski definition) is 2. The van der Waals surface area contributed by atoms with Crippen molar-refractivity contribution in [3.8, 4) is 0 Å². The van der Waals surface area contributed by atoms with E-state index >= 15 is 0 Å². The number of aliphatic hydroxyl groups is 1. The van der Waals surface area contributed by atoms with E-state index in [0.717, 1.165) is 6.54 Å². The van der Waals surface area contributed by atoms with Crippen molar-refractivity contribution in [2.24, 2.45) is 5.92 Å². The molecule has 1 atom stereocenters. The minimum Gasteiger partial charge on any atom is -0.392 e. The Balaban J connectivity index is 2.37. The average molecular weight is 235 g/mol. The largest absolute Gasteiger partial charge is 0.392 e. The van der Waals surface area contributed by atoms with Gasteiger partial charge >= 0.3 is 0 Å². The van der Waals surface area contributed by atoms with Gasteiger partial charge < -0.3 is 10.4 Å². The zero-order valence-electron chi connectivity index (χ0n) is 11.4. The third-order valence-electron chi connectivity index (χ3n) is 3.10. The molecule has 1 unspecified atom stereocenters. The molecule has 2 N–H and O–H groups in total. The molecule has 0 heterocycles. The van der Waals surface area contributed by atoms with Crippen molar-refractivity contribution in [3.05, 3.63) is 35.4 Å². The van der Waals surface area contributed by atoms with E-state index in [1.165, 1.54) is 11.1 Å². The monoisotopic (exact) mass is 235 g/mol. The van der Waals surface area contributed by atoms with Crippen molar-refractivity contribution in [1.82, 2.24) is 5.32 Å². The molecule has 2 nitrogen and oxygen atoms in total. The van der Waals surface area contributed by atoms with Gasteiger partial charge in [-0.15, -0.1) is 0 Å². The summed E-state index contributed by atoms with van der Waals surface area (Å²) in [5, 5.41) is 12.9. The van der Waals surface area contributed by atoms with Crippen LogP contribution in [0.5, 0.6) is 0 Å². The van der Waals surface area contributed by atoms with Crippen LogP contribution in [0.25, 0.3) is 0 Å². The molecular formula is C15H25NO. The lowest BCUT2D eigenvalue weighted by molar-refractivity contribution is 0.123. The van der Waals surface area contributed by atoms with Gasteiger partial charge in [0.15, 0.2) is 0 Å². The van der Waals surface area contributed by atoms with Gasteiger partial charge in [0, 0.05) is 13.1 Å². The van der Waals surface area contributed by atoms with Crippen molar-refractivity contribution in [2.75, 3.05) is 6.54 Å². The Morgan fingerprint density at radius 3 is 2.12 bits per heavy atom. The molecule has 0 aliphatic carbocycles. The highest BCUT2D eigenvalue weighted by atomic mass is 16.3. The van der Waals surface area contributed by atoms with Crippen LogP contribution in [0.4, 0.5) is 0 Å². The lowest BCUT2D eigenvalue weighted by Gasteiger charge is -2.15. The number of aliphatic hydroxyl groups excluding tert-OH is 1. The summed E-state index contributed by atoms with van der Waals surface area (Å²) in [5.41, 5.74) is 2.64. The van der Waals surface area contributed by atoms with Crippen molar-refractivity contribution < 1.29 is 5.11 Å². The first-order valence-electron chi connectivity index (χ1n) is 6.48. The zero-order chi connectivity index (χ0) is 12.8. The molecule has 96 valence electrons. The Kier molecular flexibility index (Phi) is 5.66. The summed E-state index contributed by atoms with van der Waals surface area (Å²) in [5.74, 6) is 0.894. The third kappa shape index (κ3) is 4.88. The van der Waals surface area contributed by atoms with Crippen LogP contribution in [-0.4, -0.2) is 17.8 Å². The molecule has 0 fully saturated rings. The van der Waals surface area contributed by atoms with Crippen LogP contribution in [-0.2, 0) is 6.54 Å². The Bertz CT molecular complexity index is 316. The Morgan fingerprint density at radius 1 is 1.06 bits per heavy atom. The molecule has 0 aliphatic heterocycles. The van der Waals surface area contributed by atoms with Crippen molar-refractivity contribution in [2.45, 2.75) is 46.3 Å². The Morgan fingerprint density at radius 2 is 1.65 bits per heavy atom. The second-order valence-corrected chi connectivity index (χ2v) is 5.34. The second-order valence-electron chi connectivity index (χ2n) is 5.34. The Hall–Kier alpha value is -0.860. The van der Waals surface area contributed by atoms with E-state index in [4.69, 9.17) is 0 Å². The van der Waals surface area contributed by atoms with Gasteiger partial charge in [0.2, 0.25) is 0 Å². The molecule has 0 aliphatic rings. The van der Waals surface area contributed by atoms with E-state index in [1.54, 1.807) is 0 Å². The molecule has 0 aromatic heterocycles. The number of hydrogen-bond donors (Lipinski definition) is 2. The van der Waals surface area contributed by atoms with Gasteiger partial charge in [0.1, 0.15) is 0 Å². The molecule has 0 radical (unpaired) electrons. The summed E-state index contributed by atoms with van der Waals surface area (Å²) in [6.07, 6.45) is -0.259. The first-order valence-corrected chi connectivity index (χ1v) is 6.48. The highest BCUT2D eigenvalue weighted by Gasteiger charge is 2.07. The molecule has 0 saturated carbocycles. The van der Waals surface area contributed by atoms with Crippen LogP contribution >= 0.6 is 0 Å². The normalized spacial score (nSPS) is 13.4. The van der Waals surface area contributed by atoms with Crippen molar-refractivity contribution >= 4 is 0 Å². The molecule has 17 heavy (non-hydrogen) atoms. The first kappa shape index (κ1) is 14.2. The molecular weight excluding hydrogens is 210 g/mol. The summed E-state index contributed by atoms with van der Waals surface area (Å²) in [4.78, 5) is 0. The summed E-state index contributed by atoms with van der Waals surface area (Å²) in [6, 6.07) is 8.68. The molecule has 1 aromatic carbocycles. The number of benzene rings is 1. The second kappa shape index (κ2) is 6.77. The van der Waals surface area contributed by atoms with Gasteiger partial charge in [0.25, 0.3) is 0 Å². The molecule has 0 saturated heterocycles. The van der Waals surface area contributed by atoms with Crippen molar-refractivity contribution in [3.63, 3.8) is 0 Å². The third-order valence-corrected chi connectivity index (χ3v) is 3.10. The minimum atomic E-state index is -0.259. The van der Waals surface area contributed by atoms with Crippen LogP contribution in [0.15, 0.2) is 24.3 Å². The highest BCUT2D eigenvalue weighted by Crippen LogP contribution is 2.14. The zero-order valence-corrected chi connectivity index (χ0v) is 11.4. The van der Waals surface area contributed by atoms with Gasteiger partial charge in [-0.2, -0.15) is 0 Å². The first-order chi connectivity index (χ1) is 8.00. The van der Waals surface area contributed by atoms with E-state index in [-0.39, 0.29) is 6.10 Å². The lowest BCUT2D eigenvalue weighted by atomic mass is 10.0. The standard InChI is InChI=1S/C15H25NO/c1-11(2)14-7-5-13(6-8-14)9-16-10-15(17)12(3)4/h5-8,11-12,15-17H,9-10H2,1-4H3. The smallest absolute Gasteiger partial charge is 0.0687 e. The summed E-state index contributed by atoms with van der Waals surface area (Å²) < 4.78 is 0. The number of nitrogens with one attached hydrogen (secondary N) is 1. The summed E-state index contributed by atoms with van der Waals surface area (Å²) in [6.45, 7) is 9.94. The van der Waals surface area contributed by atoms with Gasteiger partial charge in [-0.05, 0) is 23.0 Å². The van der Waals surface area contributed by atoms with Crippen LogP contribution < -0.4 is 5.32 Å². The van der Waals surface area contributed by atoms with E-state index in [1.807, 2.05) is 13.8 Å². The molecule has 1 aromatic rings. The molecule has 2 heteroatoms.